The van der Waals surface area contributed by atoms with Crippen molar-refractivity contribution in [3.8, 4) is 11.4 Å². The molecule has 0 saturated carbocycles. The molecular weight excluding hydrogens is 314 g/mol. The molecule has 2 aromatic carbocycles. The number of carbonyl (C=O) groups is 1. The molecule has 1 amide bonds. The van der Waals surface area contributed by atoms with Gasteiger partial charge in [-0.15, -0.1) is 0 Å². The van der Waals surface area contributed by atoms with Crippen LogP contribution in [0.25, 0.3) is 11.4 Å². The van der Waals surface area contributed by atoms with Crippen molar-refractivity contribution < 1.29 is 9.32 Å². The highest BCUT2D eigenvalue weighted by atomic mass is 16.5. The van der Waals surface area contributed by atoms with Gasteiger partial charge in [-0.1, -0.05) is 65.3 Å². The van der Waals surface area contributed by atoms with Gasteiger partial charge in [0.25, 0.3) is 0 Å². The van der Waals surface area contributed by atoms with Crippen LogP contribution >= 0.6 is 0 Å². The number of aryl methyl sites for hydroxylation is 1. The molecule has 0 bridgehead atoms. The SMILES string of the molecule is Cc1ccc(CN2CC(c3nc(-c4ccccc4)no3)CC2=O)cc1. The predicted octanol–water partition coefficient (Wildman–Crippen LogP) is 3.56. The van der Waals surface area contributed by atoms with Crippen LogP contribution in [0, 0.1) is 6.92 Å². The van der Waals surface area contributed by atoms with Crippen LogP contribution in [-0.2, 0) is 11.3 Å². The lowest BCUT2D eigenvalue weighted by Gasteiger charge is -2.16. The standard InChI is InChI=1S/C20H19N3O2/c1-14-7-9-15(10-8-14)12-23-13-17(11-18(23)24)20-21-19(22-25-20)16-5-3-2-4-6-16/h2-10,17H,11-13H2,1H3. The fourth-order valence-electron chi connectivity index (χ4n) is 3.11. The number of nitrogens with zero attached hydrogens (tertiary/aromatic N) is 3. The van der Waals surface area contributed by atoms with Gasteiger partial charge < -0.3 is 9.42 Å². The molecule has 5 nitrogen and oxygen atoms in total. The third-order valence-corrected chi connectivity index (χ3v) is 4.53. The van der Waals surface area contributed by atoms with Gasteiger partial charge in [0.05, 0.1) is 5.92 Å². The summed E-state index contributed by atoms with van der Waals surface area (Å²) < 4.78 is 5.43. The second-order valence-corrected chi connectivity index (χ2v) is 6.48. The van der Waals surface area contributed by atoms with Gasteiger partial charge in [0.1, 0.15) is 0 Å². The maximum absolute atomic E-state index is 12.3. The van der Waals surface area contributed by atoms with Gasteiger partial charge in [-0.05, 0) is 12.5 Å². The Kier molecular flexibility index (Phi) is 4.06. The molecule has 1 unspecified atom stereocenters. The summed E-state index contributed by atoms with van der Waals surface area (Å²) in [7, 11) is 0. The van der Waals surface area contributed by atoms with E-state index in [1.54, 1.807) is 0 Å². The van der Waals surface area contributed by atoms with Crippen LogP contribution in [0.4, 0.5) is 0 Å². The van der Waals surface area contributed by atoms with E-state index in [2.05, 4.69) is 41.3 Å². The van der Waals surface area contributed by atoms with Gasteiger partial charge in [-0.2, -0.15) is 4.98 Å². The second kappa shape index (κ2) is 6.51. The van der Waals surface area contributed by atoms with E-state index in [0.29, 0.717) is 31.2 Å². The normalized spacial score (nSPS) is 17.2. The number of benzene rings is 2. The van der Waals surface area contributed by atoms with Crippen LogP contribution in [0.3, 0.4) is 0 Å². The number of carbonyl (C=O) groups excluding carboxylic acids is 1. The van der Waals surface area contributed by atoms with Gasteiger partial charge >= 0.3 is 0 Å². The molecule has 0 radical (unpaired) electrons. The quantitative estimate of drug-likeness (QED) is 0.732. The lowest BCUT2D eigenvalue weighted by molar-refractivity contribution is -0.128. The summed E-state index contributed by atoms with van der Waals surface area (Å²) in [5, 5.41) is 4.06. The zero-order valence-corrected chi connectivity index (χ0v) is 14.1. The third-order valence-electron chi connectivity index (χ3n) is 4.53. The Bertz CT molecular complexity index is 871. The zero-order valence-electron chi connectivity index (χ0n) is 14.1. The highest BCUT2D eigenvalue weighted by molar-refractivity contribution is 5.79. The van der Waals surface area contributed by atoms with Crippen LogP contribution in [-0.4, -0.2) is 27.5 Å². The zero-order chi connectivity index (χ0) is 17.2. The molecule has 1 aliphatic rings. The smallest absolute Gasteiger partial charge is 0.232 e. The van der Waals surface area contributed by atoms with Crippen LogP contribution < -0.4 is 0 Å². The molecule has 1 aliphatic heterocycles. The van der Waals surface area contributed by atoms with Crippen molar-refractivity contribution in [2.45, 2.75) is 25.8 Å². The van der Waals surface area contributed by atoms with Crippen LogP contribution in [0.2, 0.25) is 0 Å². The summed E-state index contributed by atoms with van der Waals surface area (Å²) in [5.74, 6) is 1.20. The number of hydrogen-bond acceptors (Lipinski definition) is 4. The first-order valence-electron chi connectivity index (χ1n) is 8.41. The van der Waals surface area contributed by atoms with E-state index in [9.17, 15) is 4.79 Å². The Labute approximate surface area is 146 Å². The number of aromatic nitrogens is 2. The average Bonchev–Trinajstić information content (AvgIpc) is 3.25. The molecule has 1 saturated heterocycles. The Hall–Kier alpha value is -2.95. The average molecular weight is 333 g/mol. The summed E-state index contributed by atoms with van der Waals surface area (Å²) in [4.78, 5) is 18.7. The summed E-state index contributed by atoms with van der Waals surface area (Å²) in [5.41, 5.74) is 3.27. The first-order valence-corrected chi connectivity index (χ1v) is 8.41. The molecule has 2 heterocycles. The fourth-order valence-corrected chi connectivity index (χ4v) is 3.11. The lowest BCUT2D eigenvalue weighted by atomic mass is 10.1. The number of hydrogen-bond donors (Lipinski definition) is 0. The van der Waals surface area contributed by atoms with Gasteiger partial charge in [0, 0.05) is 25.1 Å². The molecule has 1 aromatic heterocycles. The van der Waals surface area contributed by atoms with E-state index in [0.717, 1.165) is 11.1 Å². The number of amides is 1. The predicted molar refractivity (Wildman–Crippen MR) is 93.7 cm³/mol. The minimum atomic E-state index is -0.0390. The molecule has 25 heavy (non-hydrogen) atoms. The molecule has 5 heteroatoms. The maximum atomic E-state index is 12.3. The van der Waals surface area contributed by atoms with Gasteiger partial charge in [0.15, 0.2) is 0 Å². The van der Waals surface area contributed by atoms with Crippen molar-refractivity contribution in [1.29, 1.82) is 0 Å². The van der Waals surface area contributed by atoms with E-state index < -0.39 is 0 Å². The fraction of sp³-hybridized carbons (Fsp3) is 0.250. The molecular formula is C20H19N3O2. The third kappa shape index (κ3) is 3.31. The summed E-state index contributed by atoms with van der Waals surface area (Å²) in [6.07, 6.45) is 0.419. The van der Waals surface area contributed by atoms with Crippen LogP contribution in [0.1, 0.15) is 29.4 Å². The first kappa shape index (κ1) is 15.6. The topological polar surface area (TPSA) is 59.2 Å². The van der Waals surface area contributed by atoms with E-state index >= 15 is 0 Å². The number of rotatable bonds is 4. The molecule has 1 fully saturated rings. The highest BCUT2D eigenvalue weighted by Crippen LogP contribution is 2.29. The van der Waals surface area contributed by atoms with Crippen molar-refractivity contribution in [3.05, 3.63) is 71.6 Å². The lowest BCUT2D eigenvalue weighted by Crippen LogP contribution is -2.24. The van der Waals surface area contributed by atoms with E-state index in [-0.39, 0.29) is 11.8 Å². The van der Waals surface area contributed by atoms with Gasteiger partial charge in [-0.25, -0.2) is 0 Å². The second-order valence-electron chi connectivity index (χ2n) is 6.48. The van der Waals surface area contributed by atoms with Crippen molar-refractivity contribution >= 4 is 5.91 Å². The van der Waals surface area contributed by atoms with Crippen LogP contribution in [0.5, 0.6) is 0 Å². The molecule has 126 valence electrons. The van der Waals surface area contributed by atoms with E-state index in [1.807, 2.05) is 35.2 Å². The molecule has 0 N–H and O–H groups in total. The van der Waals surface area contributed by atoms with Gasteiger partial charge in [-0.3, -0.25) is 4.79 Å². The maximum Gasteiger partial charge on any atom is 0.232 e. The van der Waals surface area contributed by atoms with Crippen molar-refractivity contribution in [2.24, 2.45) is 0 Å². The summed E-state index contributed by atoms with van der Waals surface area (Å²) >= 11 is 0. The Morgan fingerprint density at radius 3 is 2.64 bits per heavy atom. The summed E-state index contributed by atoms with van der Waals surface area (Å²) in [6.45, 7) is 3.29. The molecule has 0 spiro atoms. The van der Waals surface area contributed by atoms with Crippen LogP contribution in [0.15, 0.2) is 59.1 Å². The minimum absolute atomic E-state index is 0.0390. The van der Waals surface area contributed by atoms with Crippen molar-refractivity contribution in [1.82, 2.24) is 15.0 Å². The monoisotopic (exact) mass is 333 g/mol. The van der Waals surface area contributed by atoms with E-state index in [4.69, 9.17) is 4.52 Å². The van der Waals surface area contributed by atoms with Crippen molar-refractivity contribution in [3.63, 3.8) is 0 Å². The van der Waals surface area contributed by atoms with Gasteiger partial charge in [0.2, 0.25) is 17.6 Å². The molecule has 4 rings (SSSR count). The Balaban J connectivity index is 1.47. The molecule has 3 aromatic rings. The van der Waals surface area contributed by atoms with E-state index in [1.165, 1.54) is 5.56 Å². The Morgan fingerprint density at radius 2 is 1.88 bits per heavy atom. The molecule has 1 atom stereocenters. The highest BCUT2D eigenvalue weighted by Gasteiger charge is 2.34. The minimum Gasteiger partial charge on any atom is -0.339 e. The summed E-state index contributed by atoms with van der Waals surface area (Å²) in [6, 6.07) is 18.0. The van der Waals surface area contributed by atoms with Crippen molar-refractivity contribution in [2.75, 3.05) is 6.54 Å². The Morgan fingerprint density at radius 1 is 1.12 bits per heavy atom. The largest absolute Gasteiger partial charge is 0.339 e. The molecule has 0 aliphatic carbocycles. The first-order chi connectivity index (χ1) is 12.2. The number of likely N-dealkylation sites (tertiary alicyclic amines) is 1.